The van der Waals surface area contributed by atoms with Crippen LogP contribution in [0.15, 0.2) is 15.7 Å². The molecule has 1 aromatic heterocycles. The van der Waals surface area contributed by atoms with Crippen LogP contribution in [0.3, 0.4) is 0 Å². The number of hydrogen-bond donors (Lipinski definition) is 2. The van der Waals surface area contributed by atoms with E-state index in [2.05, 4.69) is 4.98 Å². The van der Waals surface area contributed by atoms with E-state index in [4.69, 9.17) is 4.74 Å². The quantitative estimate of drug-likeness (QED) is 0.648. The number of carbonyl (C=O) groups excluding carboxylic acids is 1. The van der Waals surface area contributed by atoms with Gasteiger partial charge in [0.25, 0.3) is 5.56 Å². The number of aromatic amines is 2. The van der Waals surface area contributed by atoms with Crippen LogP contribution in [0.2, 0.25) is 0 Å². The van der Waals surface area contributed by atoms with Gasteiger partial charge in [-0.05, 0) is 6.42 Å². The Morgan fingerprint density at radius 2 is 2.14 bits per heavy atom. The summed E-state index contributed by atoms with van der Waals surface area (Å²) < 4.78 is 4.73. The summed E-state index contributed by atoms with van der Waals surface area (Å²) >= 11 is 0. The van der Waals surface area contributed by atoms with E-state index in [1.54, 1.807) is 0 Å². The number of ether oxygens (including phenoxy) is 1. The van der Waals surface area contributed by atoms with Crippen LogP contribution in [0.25, 0.3) is 0 Å². The van der Waals surface area contributed by atoms with Gasteiger partial charge >= 0.3 is 11.7 Å². The maximum atomic E-state index is 11.2. The summed E-state index contributed by atoms with van der Waals surface area (Å²) in [5.41, 5.74) is -1.48. The van der Waals surface area contributed by atoms with Gasteiger partial charge in [-0.2, -0.15) is 0 Å². The van der Waals surface area contributed by atoms with Crippen LogP contribution in [-0.2, 0) is 4.74 Å². The Kier molecular flexibility index (Phi) is 3.22. The lowest BCUT2D eigenvalue weighted by atomic mass is 10.4. The molecule has 14 heavy (non-hydrogen) atoms. The van der Waals surface area contributed by atoms with Crippen LogP contribution in [-0.4, -0.2) is 22.5 Å². The molecule has 0 unspecified atom stereocenters. The first kappa shape index (κ1) is 10.2. The second-order valence-corrected chi connectivity index (χ2v) is 2.64. The Labute approximate surface area is 78.9 Å². The molecule has 0 spiro atoms. The molecule has 0 saturated heterocycles. The monoisotopic (exact) mass is 198 g/mol. The molecule has 0 amide bonds. The van der Waals surface area contributed by atoms with Crippen LogP contribution in [0.5, 0.6) is 0 Å². The van der Waals surface area contributed by atoms with E-state index in [-0.39, 0.29) is 12.3 Å². The summed E-state index contributed by atoms with van der Waals surface area (Å²) in [5, 5.41) is 0. The van der Waals surface area contributed by atoms with E-state index >= 15 is 0 Å². The molecule has 6 nitrogen and oxygen atoms in total. The summed E-state index contributed by atoms with van der Waals surface area (Å²) in [5.74, 6) is -0.699. The van der Waals surface area contributed by atoms with Crippen molar-refractivity contribution >= 4 is 5.97 Å². The maximum absolute atomic E-state index is 11.2. The van der Waals surface area contributed by atoms with Gasteiger partial charge in [-0.25, -0.2) is 9.59 Å². The molecule has 76 valence electrons. The highest BCUT2D eigenvalue weighted by Crippen LogP contribution is 1.91. The Morgan fingerprint density at radius 3 is 2.71 bits per heavy atom. The minimum absolute atomic E-state index is 0.132. The maximum Gasteiger partial charge on any atom is 0.355 e. The highest BCUT2D eigenvalue weighted by atomic mass is 16.5. The molecule has 0 saturated carbocycles. The van der Waals surface area contributed by atoms with E-state index in [0.717, 1.165) is 6.07 Å². The number of aromatic nitrogens is 2. The fourth-order valence-corrected chi connectivity index (χ4v) is 0.851. The first-order chi connectivity index (χ1) is 6.63. The number of esters is 1. The van der Waals surface area contributed by atoms with Crippen molar-refractivity contribution in [2.75, 3.05) is 6.61 Å². The Balaban J connectivity index is 2.90. The van der Waals surface area contributed by atoms with E-state index in [1.165, 1.54) is 0 Å². The van der Waals surface area contributed by atoms with E-state index in [1.807, 2.05) is 11.9 Å². The predicted octanol–water partition coefficient (Wildman–Crippen LogP) is -0.370. The van der Waals surface area contributed by atoms with Crippen molar-refractivity contribution in [3.8, 4) is 0 Å². The fraction of sp³-hybridized carbons (Fsp3) is 0.375. The standard InChI is InChI=1S/C8H10N2O4/c1-2-3-14-7(12)5-4-6(11)10-8(13)9-5/h4H,2-3H2,1H3,(H2,9,10,11,13). The lowest BCUT2D eigenvalue weighted by Gasteiger charge is -2.00. The highest BCUT2D eigenvalue weighted by molar-refractivity contribution is 5.86. The molecule has 0 aliphatic carbocycles. The lowest BCUT2D eigenvalue weighted by molar-refractivity contribution is 0.0497. The van der Waals surface area contributed by atoms with Crippen molar-refractivity contribution in [1.29, 1.82) is 0 Å². The van der Waals surface area contributed by atoms with Crippen LogP contribution < -0.4 is 11.2 Å². The van der Waals surface area contributed by atoms with Crippen LogP contribution in [0.4, 0.5) is 0 Å². The molecule has 0 fully saturated rings. The topological polar surface area (TPSA) is 92.0 Å². The zero-order chi connectivity index (χ0) is 10.6. The van der Waals surface area contributed by atoms with Gasteiger partial charge in [-0.1, -0.05) is 6.92 Å². The third-order valence-corrected chi connectivity index (χ3v) is 1.42. The summed E-state index contributed by atoms with van der Waals surface area (Å²) in [6.07, 6.45) is 0.680. The zero-order valence-electron chi connectivity index (χ0n) is 7.62. The normalized spacial score (nSPS) is 9.79. The highest BCUT2D eigenvalue weighted by Gasteiger charge is 2.08. The van der Waals surface area contributed by atoms with Gasteiger partial charge in [-0.15, -0.1) is 0 Å². The number of hydrogen-bond acceptors (Lipinski definition) is 4. The SMILES string of the molecule is CCCOC(=O)c1cc(=O)[nH]c(=O)[nH]1. The summed E-state index contributed by atoms with van der Waals surface area (Å²) in [6, 6.07) is 0.986. The third-order valence-electron chi connectivity index (χ3n) is 1.42. The van der Waals surface area contributed by atoms with Gasteiger partial charge in [0.2, 0.25) is 0 Å². The molecule has 0 aliphatic rings. The molecular weight excluding hydrogens is 188 g/mol. The van der Waals surface area contributed by atoms with Crippen molar-refractivity contribution in [3.63, 3.8) is 0 Å². The van der Waals surface area contributed by atoms with Gasteiger partial charge in [0.15, 0.2) is 0 Å². The van der Waals surface area contributed by atoms with Gasteiger partial charge in [0.05, 0.1) is 6.61 Å². The molecular formula is C8H10N2O4. The first-order valence-corrected chi connectivity index (χ1v) is 4.14. The lowest BCUT2D eigenvalue weighted by Crippen LogP contribution is -2.25. The largest absolute Gasteiger partial charge is 0.461 e. The number of nitrogens with one attached hydrogen (secondary N) is 2. The summed E-state index contributed by atoms with van der Waals surface area (Å²) in [7, 11) is 0. The zero-order valence-corrected chi connectivity index (χ0v) is 7.62. The number of rotatable bonds is 3. The summed E-state index contributed by atoms with van der Waals surface area (Å²) in [4.78, 5) is 36.9. The van der Waals surface area contributed by atoms with E-state index in [9.17, 15) is 14.4 Å². The van der Waals surface area contributed by atoms with Crippen LogP contribution in [0, 0.1) is 0 Å². The first-order valence-electron chi connectivity index (χ1n) is 4.14. The van der Waals surface area contributed by atoms with Gasteiger partial charge in [0.1, 0.15) is 5.69 Å². The molecule has 0 atom stereocenters. The van der Waals surface area contributed by atoms with Crippen molar-refractivity contribution in [3.05, 3.63) is 32.6 Å². The van der Waals surface area contributed by atoms with Gasteiger partial charge < -0.3 is 9.72 Å². The number of carbonyl (C=O) groups is 1. The van der Waals surface area contributed by atoms with Crippen molar-refractivity contribution in [2.24, 2.45) is 0 Å². The fourth-order valence-electron chi connectivity index (χ4n) is 0.851. The van der Waals surface area contributed by atoms with Crippen molar-refractivity contribution < 1.29 is 9.53 Å². The smallest absolute Gasteiger partial charge is 0.355 e. The molecule has 1 rings (SSSR count). The Hall–Kier alpha value is -1.85. The molecule has 0 aliphatic heterocycles. The molecule has 6 heteroatoms. The molecule has 1 heterocycles. The molecule has 1 aromatic rings. The Morgan fingerprint density at radius 1 is 1.43 bits per heavy atom. The second-order valence-electron chi connectivity index (χ2n) is 2.64. The van der Waals surface area contributed by atoms with Crippen LogP contribution in [0.1, 0.15) is 23.8 Å². The second kappa shape index (κ2) is 4.40. The minimum atomic E-state index is -0.721. The van der Waals surface area contributed by atoms with Gasteiger partial charge in [-0.3, -0.25) is 9.78 Å². The van der Waals surface area contributed by atoms with Crippen LogP contribution >= 0.6 is 0 Å². The average Bonchev–Trinajstić information content (AvgIpc) is 2.12. The predicted molar refractivity (Wildman–Crippen MR) is 48.3 cm³/mol. The minimum Gasteiger partial charge on any atom is -0.461 e. The molecule has 0 aromatic carbocycles. The van der Waals surface area contributed by atoms with Crippen molar-refractivity contribution in [2.45, 2.75) is 13.3 Å². The molecule has 0 radical (unpaired) electrons. The Bertz CT molecular complexity index is 403. The molecule has 0 bridgehead atoms. The summed E-state index contributed by atoms with van der Waals surface area (Å²) in [6.45, 7) is 2.10. The average molecular weight is 198 g/mol. The molecule has 2 N–H and O–H groups in total. The third kappa shape index (κ3) is 2.58. The van der Waals surface area contributed by atoms with E-state index < -0.39 is 17.2 Å². The van der Waals surface area contributed by atoms with Gasteiger partial charge in [0, 0.05) is 6.07 Å². The number of H-pyrrole nitrogens is 2. The van der Waals surface area contributed by atoms with E-state index in [0.29, 0.717) is 6.42 Å². The van der Waals surface area contributed by atoms with Crippen molar-refractivity contribution in [1.82, 2.24) is 9.97 Å².